The molecule has 5 atom stereocenters. The highest BCUT2D eigenvalue weighted by Crippen LogP contribution is 2.45. The Morgan fingerprint density at radius 3 is 2.76 bits per heavy atom. The zero-order valence-electron chi connectivity index (χ0n) is 11.8. The molecule has 3 aliphatic heterocycles. The third-order valence-corrected chi connectivity index (χ3v) is 6.85. The van der Waals surface area contributed by atoms with E-state index >= 15 is 0 Å². The topological polar surface area (TPSA) is 25.4 Å². The Kier molecular flexibility index (Phi) is 2.88. The van der Waals surface area contributed by atoms with Gasteiger partial charge >= 0.3 is 0 Å². The number of thiazole rings is 1. The van der Waals surface area contributed by atoms with Gasteiger partial charge in [-0.25, -0.2) is 4.98 Å². The molecule has 4 aliphatic rings. The van der Waals surface area contributed by atoms with Gasteiger partial charge in [0.2, 0.25) is 0 Å². The van der Waals surface area contributed by atoms with Gasteiger partial charge in [-0.3, -0.25) is 0 Å². The molecule has 0 amide bonds. The van der Waals surface area contributed by atoms with Gasteiger partial charge in [-0.1, -0.05) is 11.3 Å². The van der Waals surface area contributed by atoms with Crippen LogP contribution in [-0.4, -0.2) is 35.6 Å². The average Bonchev–Trinajstić information content (AvgIpc) is 3.13. The van der Waals surface area contributed by atoms with Crippen LogP contribution in [0.4, 0.5) is 0 Å². The van der Waals surface area contributed by atoms with Crippen molar-refractivity contribution in [2.24, 2.45) is 17.8 Å². The second-order valence-corrected chi connectivity index (χ2v) is 8.43. The Hall–Kier alpha value is -0.910. The van der Waals surface area contributed by atoms with Gasteiger partial charge in [0.25, 0.3) is 5.19 Å². The number of aromatic nitrogens is 1. The fourth-order valence-corrected chi connectivity index (χ4v) is 6.06. The molecule has 3 nitrogen and oxygen atoms in total. The molecule has 1 saturated carbocycles. The molecular weight excluding hydrogens is 300 g/mol. The van der Waals surface area contributed by atoms with Crippen molar-refractivity contribution in [3.8, 4) is 15.6 Å². The first-order chi connectivity index (χ1) is 10.3. The summed E-state index contributed by atoms with van der Waals surface area (Å²) < 4.78 is 6.35. The Balaban J connectivity index is 1.36. The maximum absolute atomic E-state index is 6.35. The van der Waals surface area contributed by atoms with Crippen molar-refractivity contribution in [2.45, 2.75) is 18.9 Å². The lowest BCUT2D eigenvalue weighted by molar-refractivity contribution is -0.0985. The number of rotatable bonds is 3. The highest BCUT2D eigenvalue weighted by molar-refractivity contribution is 7.17. The van der Waals surface area contributed by atoms with Crippen LogP contribution >= 0.6 is 22.7 Å². The molecule has 3 saturated heterocycles. The first-order valence-corrected chi connectivity index (χ1v) is 9.48. The second kappa shape index (κ2) is 4.80. The van der Waals surface area contributed by atoms with E-state index in [9.17, 15) is 0 Å². The molecule has 1 aliphatic carbocycles. The molecule has 2 aromatic heterocycles. The summed E-state index contributed by atoms with van der Waals surface area (Å²) in [5.74, 6) is 2.38. The zero-order chi connectivity index (χ0) is 13.8. The van der Waals surface area contributed by atoms with Crippen LogP contribution in [0.25, 0.3) is 10.4 Å². The van der Waals surface area contributed by atoms with E-state index in [2.05, 4.69) is 26.7 Å². The molecule has 5 heteroatoms. The third kappa shape index (κ3) is 2.14. The van der Waals surface area contributed by atoms with Crippen LogP contribution in [0.5, 0.6) is 5.19 Å². The first kappa shape index (κ1) is 12.6. The van der Waals surface area contributed by atoms with Crippen LogP contribution in [0.3, 0.4) is 0 Å². The van der Waals surface area contributed by atoms with Gasteiger partial charge in [0.05, 0.1) is 4.88 Å². The van der Waals surface area contributed by atoms with Gasteiger partial charge in [0.1, 0.15) is 6.10 Å². The molecule has 110 valence electrons. The van der Waals surface area contributed by atoms with Crippen LogP contribution in [0.15, 0.2) is 23.0 Å². The van der Waals surface area contributed by atoms with Crippen molar-refractivity contribution in [1.29, 1.82) is 0 Å². The Bertz CT molecular complexity index is 609. The van der Waals surface area contributed by atoms with Crippen molar-refractivity contribution in [3.63, 3.8) is 0 Å². The molecule has 4 fully saturated rings. The van der Waals surface area contributed by atoms with Gasteiger partial charge in [-0.15, -0.1) is 0 Å². The van der Waals surface area contributed by atoms with Crippen LogP contribution in [-0.2, 0) is 0 Å². The van der Waals surface area contributed by atoms with Crippen LogP contribution < -0.4 is 4.74 Å². The molecule has 0 N–H and O–H groups in total. The highest BCUT2D eigenvalue weighted by Gasteiger charge is 2.48. The maximum Gasteiger partial charge on any atom is 0.274 e. The van der Waals surface area contributed by atoms with Crippen LogP contribution in [0.2, 0.25) is 0 Å². The normalized spacial score (nSPS) is 37.0. The first-order valence-electron chi connectivity index (χ1n) is 7.72. The molecule has 6 rings (SSSR count). The van der Waals surface area contributed by atoms with Crippen molar-refractivity contribution >= 4 is 22.7 Å². The van der Waals surface area contributed by atoms with Gasteiger partial charge < -0.3 is 9.64 Å². The number of hydrogen-bond acceptors (Lipinski definition) is 5. The quantitative estimate of drug-likeness (QED) is 0.865. The number of nitrogens with zero attached hydrogens (tertiary/aromatic N) is 2. The maximum atomic E-state index is 6.35. The summed E-state index contributed by atoms with van der Waals surface area (Å²) in [6.07, 6.45) is 5.09. The van der Waals surface area contributed by atoms with E-state index in [0.717, 1.165) is 22.9 Å². The molecular formula is C16H18N2OS2. The minimum atomic E-state index is 0.402. The summed E-state index contributed by atoms with van der Waals surface area (Å²) in [5.41, 5.74) is 1.27. The number of hydrogen-bond donors (Lipinski definition) is 0. The van der Waals surface area contributed by atoms with Crippen molar-refractivity contribution in [3.05, 3.63) is 23.0 Å². The number of ether oxygens (including phenoxy) is 1. The van der Waals surface area contributed by atoms with Crippen molar-refractivity contribution in [1.82, 2.24) is 9.88 Å². The summed E-state index contributed by atoms with van der Waals surface area (Å²) in [5, 5.41) is 5.15. The van der Waals surface area contributed by atoms with Crippen molar-refractivity contribution in [2.75, 3.05) is 19.6 Å². The lowest BCUT2D eigenvalue weighted by Gasteiger charge is -2.55. The third-order valence-electron chi connectivity index (χ3n) is 5.23. The smallest absolute Gasteiger partial charge is 0.274 e. The van der Waals surface area contributed by atoms with Crippen LogP contribution in [0.1, 0.15) is 12.8 Å². The number of piperidine rings is 3. The molecule has 2 aromatic rings. The fraction of sp³-hybridized carbons (Fsp3) is 0.562. The SMILES string of the molecule is c1cc(-c2cnc(OC3C4CC5C[C@H]3CN(C5)C4)s2)cs1. The minimum absolute atomic E-state index is 0.402. The standard InChI is InChI=1S/C16H18N2OS2/c1-2-20-9-11(1)14-5-17-16(21-14)19-15-12-3-10-4-13(15)8-18(6-10)7-12/h1-2,5,9-10,12-13,15H,3-4,6-8H2/t10?,12-,13?,15?/m0/s1. The monoisotopic (exact) mass is 318 g/mol. The molecule has 5 heterocycles. The summed E-state index contributed by atoms with van der Waals surface area (Å²) in [4.78, 5) is 8.38. The van der Waals surface area contributed by atoms with E-state index in [1.807, 2.05) is 6.20 Å². The van der Waals surface area contributed by atoms with Gasteiger partial charge in [-0.2, -0.15) is 11.3 Å². The Labute approximate surface area is 132 Å². The summed E-state index contributed by atoms with van der Waals surface area (Å²) in [6, 6.07) is 2.15. The Morgan fingerprint density at radius 1 is 1.19 bits per heavy atom. The van der Waals surface area contributed by atoms with Gasteiger partial charge in [0.15, 0.2) is 0 Å². The molecule has 0 spiro atoms. The van der Waals surface area contributed by atoms with Gasteiger partial charge in [-0.05, 0) is 35.6 Å². The van der Waals surface area contributed by atoms with E-state index in [-0.39, 0.29) is 0 Å². The molecule has 21 heavy (non-hydrogen) atoms. The summed E-state index contributed by atoms with van der Waals surface area (Å²) >= 11 is 3.43. The molecule has 0 radical (unpaired) electrons. The van der Waals surface area contributed by atoms with Crippen LogP contribution in [0, 0.1) is 17.8 Å². The van der Waals surface area contributed by atoms with E-state index in [0.29, 0.717) is 6.10 Å². The molecule has 0 aromatic carbocycles. The predicted octanol–water partition coefficient (Wildman–Crippen LogP) is 3.59. The number of thiophene rings is 1. The highest BCUT2D eigenvalue weighted by atomic mass is 32.1. The van der Waals surface area contributed by atoms with Crippen molar-refractivity contribution < 1.29 is 4.74 Å². The fourth-order valence-electron chi connectivity index (χ4n) is 4.52. The molecule has 4 unspecified atom stereocenters. The lowest BCUT2D eigenvalue weighted by atomic mass is 9.66. The zero-order valence-corrected chi connectivity index (χ0v) is 13.4. The minimum Gasteiger partial charge on any atom is -0.466 e. The van der Waals surface area contributed by atoms with E-state index < -0.39 is 0 Å². The lowest BCUT2D eigenvalue weighted by Crippen LogP contribution is -2.61. The second-order valence-electron chi connectivity index (χ2n) is 6.66. The van der Waals surface area contributed by atoms with E-state index in [1.54, 1.807) is 22.7 Å². The predicted molar refractivity (Wildman–Crippen MR) is 86.0 cm³/mol. The van der Waals surface area contributed by atoms with Gasteiger partial charge in [0, 0.05) is 43.2 Å². The average molecular weight is 318 g/mol. The van der Waals surface area contributed by atoms with E-state index in [1.165, 1.54) is 42.9 Å². The molecule has 4 bridgehead atoms. The van der Waals surface area contributed by atoms with E-state index in [4.69, 9.17) is 4.74 Å². The Morgan fingerprint density at radius 2 is 2.05 bits per heavy atom. The summed E-state index contributed by atoms with van der Waals surface area (Å²) in [7, 11) is 0. The largest absolute Gasteiger partial charge is 0.466 e. The summed E-state index contributed by atoms with van der Waals surface area (Å²) in [6.45, 7) is 3.81.